The average Bonchev–Trinajstić information content (AvgIpc) is 3.47. The maximum Gasteiger partial charge on any atom is 0.315 e. The summed E-state index contributed by atoms with van der Waals surface area (Å²) in [6.45, 7) is 13.1. The number of carbonyl (C=O) groups is 1. The molecule has 0 radical (unpaired) electrons. The summed E-state index contributed by atoms with van der Waals surface area (Å²) in [5.41, 5.74) is 4.56. The number of hydrogen-bond acceptors (Lipinski definition) is 4. The lowest BCUT2D eigenvalue weighted by atomic mass is 9.53. The van der Waals surface area contributed by atoms with Crippen molar-refractivity contribution >= 4 is 11.7 Å². The average molecular weight is 440 g/mol. The Morgan fingerprint density at radius 3 is 2.72 bits per heavy atom. The Morgan fingerprint density at radius 2 is 1.97 bits per heavy atom. The van der Waals surface area contributed by atoms with Crippen LogP contribution in [0.4, 0.5) is 5.69 Å². The number of piperazine rings is 1. The number of ether oxygens (including phenoxy) is 2. The molecular weight excluding hydrogens is 400 g/mol. The minimum atomic E-state index is 0.0736. The number of hydrogen-bond donors (Lipinski definition) is 1. The molecule has 32 heavy (non-hydrogen) atoms. The van der Waals surface area contributed by atoms with E-state index in [9.17, 15) is 4.79 Å². The van der Waals surface area contributed by atoms with Crippen LogP contribution in [0.1, 0.15) is 50.2 Å². The zero-order valence-electron chi connectivity index (χ0n) is 20.0. The van der Waals surface area contributed by atoms with Gasteiger partial charge in [-0.2, -0.15) is 0 Å². The Morgan fingerprint density at radius 1 is 1.19 bits per heavy atom. The van der Waals surface area contributed by atoms with Crippen molar-refractivity contribution in [2.24, 2.45) is 23.2 Å². The van der Waals surface area contributed by atoms with Gasteiger partial charge in [0.1, 0.15) is 12.0 Å². The first-order valence-corrected chi connectivity index (χ1v) is 12.9. The van der Waals surface area contributed by atoms with Gasteiger partial charge in [0.05, 0.1) is 44.9 Å². The SMILES string of the molecule is Cc1cccc(N2CC[NH+](CC3C(=O)OC4CC5(C)CCCC6(CO6)C5CC43)CC2)c1C. The van der Waals surface area contributed by atoms with Crippen LogP contribution in [-0.4, -0.2) is 57.0 Å². The number of carbonyl (C=O) groups excluding carboxylic acids is 1. The van der Waals surface area contributed by atoms with Gasteiger partial charge in [-0.1, -0.05) is 19.1 Å². The second kappa shape index (κ2) is 7.46. The van der Waals surface area contributed by atoms with Crippen LogP contribution >= 0.6 is 0 Å². The van der Waals surface area contributed by atoms with Crippen LogP contribution in [-0.2, 0) is 14.3 Å². The predicted octanol–water partition coefficient (Wildman–Crippen LogP) is 2.54. The summed E-state index contributed by atoms with van der Waals surface area (Å²) in [7, 11) is 0. The van der Waals surface area contributed by atoms with E-state index in [1.165, 1.54) is 36.1 Å². The maximum absolute atomic E-state index is 13.0. The number of rotatable bonds is 3. The Labute approximate surface area is 192 Å². The number of esters is 1. The van der Waals surface area contributed by atoms with Gasteiger partial charge in [0.2, 0.25) is 0 Å². The monoisotopic (exact) mass is 439 g/mol. The minimum absolute atomic E-state index is 0.0736. The molecule has 1 aromatic carbocycles. The number of aryl methyl sites for hydroxylation is 1. The Kier molecular flexibility index (Phi) is 4.89. The Hall–Kier alpha value is -1.59. The largest absolute Gasteiger partial charge is 0.462 e. The van der Waals surface area contributed by atoms with E-state index in [-0.39, 0.29) is 29.0 Å². The number of epoxide rings is 1. The fourth-order valence-electron chi connectivity index (χ4n) is 7.85. The molecule has 6 atom stereocenters. The second-order valence-corrected chi connectivity index (χ2v) is 11.8. The molecule has 0 aromatic heterocycles. The van der Waals surface area contributed by atoms with Gasteiger partial charge in [0, 0.05) is 11.6 Å². The highest BCUT2D eigenvalue weighted by molar-refractivity contribution is 5.75. The smallest absolute Gasteiger partial charge is 0.315 e. The zero-order chi connectivity index (χ0) is 22.1. The molecule has 1 N–H and O–H groups in total. The van der Waals surface area contributed by atoms with Crippen LogP contribution in [0.2, 0.25) is 0 Å². The fraction of sp³-hybridized carbons (Fsp3) is 0.741. The molecule has 2 saturated carbocycles. The molecule has 5 heteroatoms. The van der Waals surface area contributed by atoms with E-state index in [0.29, 0.717) is 11.8 Å². The molecule has 174 valence electrons. The first-order valence-electron chi connectivity index (χ1n) is 12.9. The quantitative estimate of drug-likeness (QED) is 0.581. The van der Waals surface area contributed by atoms with Crippen LogP contribution in [0.5, 0.6) is 0 Å². The van der Waals surface area contributed by atoms with Crippen molar-refractivity contribution in [1.82, 2.24) is 0 Å². The maximum atomic E-state index is 13.0. The second-order valence-electron chi connectivity index (χ2n) is 11.8. The molecule has 6 rings (SSSR count). The van der Waals surface area contributed by atoms with Gasteiger partial charge in [-0.25, -0.2) is 0 Å². The van der Waals surface area contributed by atoms with Gasteiger partial charge < -0.3 is 19.3 Å². The van der Waals surface area contributed by atoms with Gasteiger partial charge in [-0.15, -0.1) is 0 Å². The summed E-state index contributed by atoms with van der Waals surface area (Å²) in [4.78, 5) is 17.1. The van der Waals surface area contributed by atoms with Crippen molar-refractivity contribution in [2.75, 3.05) is 44.2 Å². The van der Waals surface area contributed by atoms with E-state index in [2.05, 4.69) is 43.9 Å². The van der Waals surface area contributed by atoms with Gasteiger partial charge in [-0.05, 0) is 74.5 Å². The highest BCUT2D eigenvalue weighted by Crippen LogP contribution is 2.62. The summed E-state index contributed by atoms with van der Waals surface area (Å²) >= 11 is 0. The lowest BCUT2D eigenvalue weighted by Gasteiger charge is -2.51. The van der Waals surface area contributed by atoms with Crippen LogP contribution in [0, 0.1) is 37.0 Å². The van der Waals surface area contributed by atoms with Gasteiger partial charge in [0.25, 0.3) is 0 Å². The molecule has 3 saturated heterocycles. The van der Waals surface area contributed by atoms with Gasteiger partial charge >= 0.3 is 5.97 Å². The lowest BCUT2D eigenvalue weighted by molar-refractivity contribution is -0.903. The zero-order valence-corrected chi connectivity index (χ0v) is 20.0. The standard InChI is InChI=1S/C27H38N2O3/c1-18-6-4-7-22(19(18)2)29-12-10-28(11-13-29)16-21-20-14-24-26(3,15-23(20)32-25(21)30)8-5-9-27(24)17-31-27/h4,6-7,20-21,23-24H,5,8-17H2,1-3H3/p+1. The van der Waals surface area contributed by atoms with Crippen LogP contribution in [0.25, 0.3) is 0 Å². The van der Waals surface area contributed by atoms with E-state index < -0.39 is 0 Å². The van der Waals surface area contributed by atoms with E-state index in [4.69, 9.17) is 9.47 Å². The topological polar surface area (TPSA) is 46.5 Å². The first kappa shape index (κ1) is 21.0. The summed E-state index contributed by atoms with van der Waals surface area (Å²) in [6.07, 6.45) is 6.05. The van der Waals surface area contributed by atoms with Crippen molar-refractivity contribution in [2.45, 2.75) is 64.6 Å². The van der Waals surface area contributed by atoms with Gasteiger partial charge in [0.15, 0.2) is 0 Å². The van der Waals surface area contributed by atoms with Crippen molar-refractivity contribution in [1.29, 1.82) is 0 Å². The molecule has 0 amide bonds. The molecule has 6 unspecified atom stereocenters. The summed E-state index contributed by atoms with van der Waals surface area (Å²) in [6, 6.07) is 6.62. The molecule has 1 aromatic rings. The van der Waals surface area contributed by atoms with Gasteiger partial charge in [-0.3, -0.25) is 4.79 Å². The lowest BCUT2D eigenvalue weighted by Crippen LogP contribution is -3.15. The molecule has 5 nitrogen and oxygen atoms in total. The third-order valence-corrected chi connectivity index (χ3v) is 9.98. The van der Waals surface area contributed by atoms with E-state index in [0.717, 1.165) is 52.2 Å². The number of nitrogens with one attached hydrogen (secondary N) is 1. The summed E-state index contributed by atoms with van der Waals surface area (Å²) < 4.78 is 12.1. The predicted molar refractivity (Wildman–Crippen MR) is 124 cm³/mol. The van der Waals surface area contributed by atoms with E-state index in [1.54, 1.807) is 4.90 Å². The molecule has 1 spiro atoms. The molecule has 5 fully saturated rings. The molecule has 3 aliphatic heterocycles. The van der Waals surface area contributed by atoms with E-state index in [1.807, 2.05) is 0 Å². The molecule has 0 bridgehead atoms. The van der Waals surface area contributed by atoms with Crippen LogP contribution in [0.15, 0.2) is 18.2 Å². The Bertz CT molecular complexity index is 904. The normalized spacial score (nSPS) is 41.3. The number of nitrogens with zero attached hydrogens (tertiary/aromatic N) is 1. The number of anilines is 1. The minimum Gasteiger partial charge on any atom is -0.462 e. The van der Waals surface area contributed by atoms with Crippen molar-refractivity contribution < 1.29 is 19.2 Å². The van der Waals surface area contributed by atoms with Crippen LogP contribution in [0.3, 0.4) is 0 Å². The molecular formula is C27H39N2O3+. The fourth-order valence-corrected chi connectivity index (χ4v) is 7.85. The third-order valence-electron chi connectivity index (χ3n) is 9.98. The Balaban J connectivity index is 1.12. The molecule has 3 heterocycles. The summed E-state index contributed by atoms with van der Waals surface area (Å²) in [5.74, 6) is 1.16. The van der Waals surface area contributed by atoms with Crippen molar-refractivity contribution in [3.05, 3.63) is 29.3 Å². The number of fused-ring (bicyclic) bond motifs is 3. The van der Waals surface area contributed by atoms with Crippen LogP contribution < -0.4 is 9.80 Å². The third kappa shape index (κ3) is 3.30. The van der Waals surface area contributed by atoms with Crippen molar-refractivity contribution in [3.8, 4) is 0 Å². The summed E-state index contributed by atoms with van der Waals surface area (Å²) in [5, 5.41) is 0. The molecule has 2 aliphatic carbocycles. The molecule has 5 aliphatic rings. The van der Waals surface area contributed by atoms with E-state index >= 15 is 0 Å². The number of quaternary nitrogens is 1. The van der Waals surface area contributed by atoms with Crippen molar-refractivity contribution in [3.63, 3.8) is 0 Å². The number of benzene rings is 1. The highest BCUT2D eigenvalue weighted by atomic mass is 16.6. The highest BCUT2D eigenvalue weighted by Gasteiger charge is 2.65. The first-order chi connectivity index (χ1) is 15.4.